The quantitative estimate of drug-likeness (QED) is 0.783. The smallest absolute Gasteiger partial charge is 0.242 e. The summed E-state index contributed by atoms with van der Waals surface area (Å²) < 4.78 is 40.1. The number of rotatable bonds is 4. The third kappa shape index (κ3) is 3.94. The highest BCUT2D eigenvalue weighted by atomic mass is 79.9. The first-order chi connectivity index (χ1) is 9.79. The van der Waals surface area contributed by atoms with Crippen LogP contribution < -0.4 is 10.5 Å². The first-order valence-corrected chi connectivity index (χ1v) is 8.43. The molecule has 0 atom stereocenters. The van der Waals surface area contributed by atoms with Crippen LogP contribution in [-0.4, -0.2) is 8.42 Å². The predicted molar refractivity (Wildman–Crippen MR) is 84.0 cm³/mol. The Morgan fingerprint density at radius 1 is 1.24 bits per heavy atom. The summed E-state index contributed by atoms with van der Waals surface area (Å²) in [6, 6.07) is 8.82. The van der Waals surface area contributed by atoms with Gasteiger partial charge in [0.15, 0.2) is 0 Å². The molecule has 0 aliphatic heterocycles. The summed E-state index contributed by atoms with van der Waals surface area (Å²) in [4.78, 5) is -0.176. The molecule has 2 rings (SSSR count). The fourth-order valence-electron chi connectivity index (χ4n) is 1.64. The van der Waals surface area contributed by atoms with E-state index in [0.717, 1.165) is 17.7 Å². The number of nitrogen functional groups attached to an aromatic ring is 1. The maximum Gasteiger partial charge on any atom is 0.242 e. The standard InChI is InChI=1S/C13H11BrClFN2O2S/c14-10-5-13(12(17)6-11(10)16)21(19,20)18-7-8-1-3-9(15)4-2-8/h1-6,18H,7,17H2. The van der Waals surface area contributed by atoms with Crippen molar-refractivity contribution in [3.8, 4) is 0 Å². The number of sulfonamides is 1. The fourth-order valence-corrected chi connectivity index (χ4v) is 3.41. The molecule has 2 aromatic rings. The van der Waals surface area contributed by atoms with Gasteiger partial charge in [-0.2, -0.15) is 0 Å². The van der Waals surface area contributed by atoms with Gasteiger partial charge in [0.25, 0.3) is 0 Å². The molecule has 3 N–H and O–H groups in total. The van der Waals surface area contributed by atoms with Gasteiger partial charge in [-0.3, -0.25) is 0 Å². The van der Waals surface area contributed by atoms with Crippen LogP contribution >= 0.6 is 27.5 Å². The summed E-state index contributed by atoms with van der Waals surface area (Å²) >= 11 is 8.69. The molecule has 2 aromatic carbocycles. The molecule has 112 valence electrons. The lowest BCUT2D eigenvalue weighted by atomic mass is 10.2. The summed E-state index contributed by atoms with van der Waals surface area (Å²) in [5.74, 6) is -0.621. The van der Waals surface area contributed by atoms with E-state index >= 15 is 0 Å². The lowest BCUT2D eigenvalue weighted by molar-refractivity contribution is 0.580. The van der Waals surface area contributed by atoms with E-state index < -0.39 is 15.8 Å². The highest BCUT2D eigenvalue weighted by Crippen LogP contribution is 2.26. The summed E-state index contributed by atoms with van der Waals surface area (Å²) in [7, 11) is -3.84. The number of benzene rings is 2. The maximum atomic E-state index is 13.3. The van der Waals surface area contributed by atoms with E-state index in [9.17, 15) is 12.8 Å². The zero-order valence-electron chi connectivity index (χ0n) is 10.6. The van der Waals surface area contributed by atoms with Gasteiger partial charge in [0.2, 0.25) is 10.0 Å². The Morgan fingerprint density at radius 2 is 1.86 bits per heavy atom. The van der Waals surface area contributed by atoms with Gasteiger partial charge < -0.3 is 5.73 Å². The Bertz CT molecular complexity index is 766. The number of anilines is 1. The molecule has 0 aromatic heterocycles. The third-order valence-corrected chi connectivity index (χ3v) is 5.04. The maximum absolute atomic E-state index is 13.3. The Morgan fingerprint density at radius 3 is 2.48 bits per heavy atom. The van der Waals surface area contributed by atoms with E-state index in [-0.39, 0.29) is 21.6 Å². The SMILES string of the molecule is Nc1cc(F)c(Br)cc1S(=O)(=O)NCc1ccc(Cl)cc1. The number of nitrogens with one attached hydrogen (secondary N) is 1. The molecule has 0 amide bonds. The van der Waals surface area contributed by atoms with E-state index in [1.165, 1.54) is 0 Å². The Balaban J connectivity index is 2.22. The van der Waals surface area contributed by atoms with Crippen molar-refractivity contribution in [1.82, 2.24) is 4.72 Å². The second-order valence-electron chi connectivity index (χ2n) is 4.26. The summed E-state index contributed by atoms with van der Waals surface area (Å²) in [6.07, 6.45) is 0. The number of hydrogen-bond acceptors (Lipinski definition) is 3. The molecule has 0 bridgehead atoms. The molecule has 0 aliphatic rings. The molecular formula is C13H11BrClFN2O2S. The van der Waals surface area contributed by atoms with E-state index in [1.807, 2.05) is 0 Å². The van der Waals surface area contributed by atoms with Crippen molar-refractivity contribution >= 4 is 43.2 Å². The molecule has 21 heavy (non-hydrogen) atoms. The van der Waals surface area contributed by atoms with Gasteiger partial charge in [-0.15, -0.1) is 0 Å². The lowest BCUT2D eigenvalue weighted by Crippen LogP contribution is -2.24. The largest absolute Gasteiger partial charge is 0.398 e. The zero-order chi connectivity index (χ0) is 15.6. The van der Waals surface area contributed by atoms with E-state index in [1.54, 1.807) is 24.3 Å². The molecule has 0 saturated heterocycles. The van der Waals surface area contributed by atoms with Crippen LogP contribution in [0, 0.1) is 5.82 Å². The molecule has 0 saturated carbocycles. The summed E-state index contributed by atoms with van der Waals surface area (Å²) in [5, 5.41) is 0.563. The molecule has 0 unspecified atom stereocenters. The number of hydrogen-bond donors (Lipinski definition) is 2. The number of halogens is 3. The minimum atomic E-state index is -3.84. The van der Waals surface area contributed by atoms with Crippen LogP contribution in [-0.2, 0) is 16.6 Å². The minimum absolute atomic E-state index is 0.0311. The minimum Gasteiger partial charge on any atom is -0.398 e. The number of nitrogens with two attached hydrogens (primary N) is 1. The molecule has 0 radical (unpaired) electrons. The van der Waals surface area contributed by atoms with Crippen molar-refractivity contribution in [1.29, 1.82) is 0 Å². The first-order valence-electron chi connectivity index (χ1n) is 5.78. The molecule has 0 heterocycles. The molecule has 0 fully saturated rings. The highest BCUT2D eigenvalue weighted by Gasteiger charge is 2.19. The van der Waals surface area contributed by atoms with Crippen molar-refractivity contribution < 1.29 is 12.8 Å². The summed E-state index contributed by atoms with van der Waals surface area (Å²) in [5.41, 5.74) is 6.15. The van der Waals surface area contributed by atoms with Crippen molar-refractivity contribution in [2.45, 2.75) is 11.4 Å². The van der Waals surface area contributed by atoms with Crippen LogP contribution in [0.2, 0.25) is 5.02 Å². The van der Waals surface area contributed by atoms with Crippen LogP contribution in [0.15, 0.2) is 45.8 Å². The molecule has 8 heteroatoms. The second-order valence-corrected chi connectivity index (χ2v) is 7.28. The Kier molecular flexibility index (Phi) is 4.88. The van der Waals surface area contributed by atoms with E-state index in [0.29, 0.717) is 5.02 Å². The van der Waals surface area contributed by atoms with Crippen LogP contribution in [0.3, 0.4) is 0 Å². The van der Waals surface area contributed by atoms with Gasteiger partial charge >= 0.3 is 0 Å². The van der Waals surface area contributed by atoms with Crippen LogP contribution in [0.4, 0.5) is 10.1 Å². The topological polar surface area (TPSA) is 72.2 Å². The van der Waals surface area contributed by atoms with Gasteiger partial charge in [-0.25, -0.2) is 17.5 Å². The third-order valence-electron chi connectivity index (χ3n) is 2.72. The Hall–Kier alpha value is -1.15. The van der Waals surface area contributed by atoms with Gasteiger partial charge in [0, 0.05) is 11.6 Å². The van der Waals surface area contributed by atoms with Gasteiger partial charge in [0.1, 0.15) is 10.7 Å². The van der Waals surface area contributed by atoms with Gasteiger partial charge in [0.05, 0.1) is 10.2 Å². The lowest BCUT2D eigenvalue weighted by Gasteiger charge is -2.10. The van der Waals surface area contributed by atoms with Crippen LogP contribution in [0.5, 0.6) is 0 Å². The van der Waals surface area contributed by atoms with Crippen molar-refractivity contribution in [3.05, 3.63) is 57.3 Å². The Labute approximate surface area is 135 Å². The van der Waals surface area contributed by atoms with E-state index in [4.69, 9.17) is 17.3 Å². The van der Waals surface area contributed by atoms with Crippen molar-refractivity contribution in [2.24, 2.45) is 0 Å². The normalized spacial score (nSPS) is 11.6. The molecule has 0 spiro atoms. The summed E-state index contributed by atoms with van der Waals surface area (Å²) in [6.45, 7) is 0.0773. The predicted octanol–water partition coefficient (Wildman–Crippen LogP) is 3.30. The molecule has 4 nitrogen and oxygen atoms in total. The molecular weight excluding hydrogens is 383 g/mol. The average Bonchev–Trinajstić information content (AvgIpc) is 2.42. The van der Waals surface area contributed by atoms with Gasteiger partial charge in [-0.1, -0.05) is 23.7 Å². The van der Waals surface area contributed by atoms with Crippen molar-refractivity contribution in [3.63, 3.8) is 0 Å². The highest BCUT2D eigenvalue weighted by molar-refractivity contribution is 9.10. The zero-order valence-corrected chi connectivity index (χ0v) is 13.8. The van der Waals surface area contributed by atoms with E-state index in [2.05, 4.69) is 20.7 Å². The van der Waals surface area contributed by atoms with Crippen LogP contribution in [0.1, 0.15) is 5.56 Å². The van der Waals surface area contributed by atoms with Crippen molar-refractivity contribution in [2.75, 3.05) is 5.73 Å². The fraction of sp³-hybridized carbons (Fsp3) is 0.0769. The average molecular weight is 394 g/mol. The molecule has 0 aliphatic carbocycles. The van der Waals surface area contributed by atoms with Gasteiger partial charge in [-0.05, 0) is 45.8 Å². The second kappa shape index (κ2) is 6.31. The van der Waals surface area contributed by atoms with Crippen LogP contribution in [0.25, 0.3) is 0 Å². The monoisotopic (exact) mass is 392 g/mol. The first kappa shape index (κ1) is 16.2.